The first-order valence-electron chi connectivity index (χ1n) is 4.52. The highest BCUT2D eigenvalue weighted by molar-refractivity contribution is 7.19. The lowest BCUT2D eigenvalue weighted by Crippen LogP contribution is -1.66. The molecular weight excluding hydrogens is 235 g/mol. The van der Waals surface area contributed by atoms with E-state index in [9.17, 15) is 0 Å². The zero-order valence-electron chi connectivity index (χ0n) is 8.40. The Morgan fingerprint density at radius 2 is 1.64 bits per heavy atom. The molecule has 0 saturated carbocycles. The Hall–Kier alpha value is -0.240. The molecule has 0 saturated heterocycles. The van der Waals surface area contributed by atoms with Gasteiger partial charge in [0, 0.05) is 15.3 Å². The van der Waals surface area contributed by atoms with Crippen molar-refractivity contribution in [3.63, 3.8) is 0 Å². The summed E-state index contributed by atoms with van der Waals surface area (Å²) in [4.78, 5) is 1.24. The van der Waals surface area contributed by atoms with Crippen LogP contribution in [0, 0.1) is 6.92 Å². The molecule has 0 aliphatic carbocycles. The summed E-state index contributed by atoms with van der Waals surface area (Å²) in [5, 5.41) is 2.62. The van der Waals surface area contributed by atoms with Crippen LogP contribution in [0.5, 0.6) is 0 Å². The second-order valence-corrected chi connectivity index (χ2v) is 4.70. The van der Waals surface area contributed by atoms with Gasteiger partial charge in [-0.3, -0.25) is 0 Å². The Labute approximate surface area is 98.5 Å². The van der Waals surface area contributed by atoms with E-state index in [4.69, 9.17) is 23.2 Å². The van der Waals surface area contributed by atoms with Crippen molar-refractivity contribution in [1.82, 2.24) is 0 Å². The Kier molecular flexibility index (Phi) is 4.24. The first kappa shape index (κ1) is 11.8. The lowest BCUT2D eigenvalue weighted by Gasteiger charge is -1.94. The van der Waals surface area contributed by atoms with E-state index in [0.717, 1.165) is 20.1 Å². The maximum absolute atomic E-state index is 5.99. The molecule has 0 amide bonds. The fourth-order valence-electron chi connectivity index (χ4n) is 1.18. The van der Waals surface area contributed by atoms with Crippen LogP contribution in [0.4, 0.5) is 0 Å². The van der Waals surface area contributed by atoms with Gasteiger partial charge in [0.1, 0.15) is 0 Å². The van der Waals surface area contributed by atoms with Crippen molar-refractivity contribution in [1.29, 1.82) is 0 Å². The molecule has 14 heavy (non-hydrogen) atoms. The number of rotatable bonds is 0. The second kappa shape index (κ2) is 5.01. The van der Waals surface area contributed by atoms with E-state index in [1.54, 1.807) is 11.3 Å². The van der Waals surface area contributed by atoms with Crippen LogP contribution >= 0.6 is 34.5 Å². The molecule has 0 bridgehead atoms. The largest absolute Gasteiger partial charge is 0.139 e. The van der Waals surface area contributed by atoms with Crippen molar-refractivity contribution >= 4 is 44.6 Å². The molecule has 0 radical (unpaired) electrons. The summed E-state index contributed by atoms with van der Waals surface area (Å²) in [6.07, 6.45) is 0. The quantitative estimate of drug-likeness (QED) is 0.573. The number of hydrogen-bond donors (Lipinski definition) is 0. The van der Waals surface area contributed by atoms with Crippen LogP contribution in [0.2, 0.25) is 10.0 Å². The number of halogens is 2. The number of fused-ring (bicyclic) bond motifs is 1. The van der Waals surface area contributed by atoms with Crippen LogP contribution in [0.3, 0.4) is 0 Å². The molecule has 0 aliphatic heterocycles. The summed E-state index contributed by atoms with van der Waals surface area (Å²) in [6, 6.07) is 5.73. The number of benzene rings is 1. The van der Waals surface area contributed by atoms with Crippen molar-refractivity contribution in [2.75, 3.05) is 0 Å². The first-order chi connectivity index (χ1) is 6.68. The van der Waals surface area contributed by atoms with Crippen molar-refractivity contribution < 1.29 is 0 Å². The average molecular weight is 247 g/mol. The van der Waals surface area contributed by atoms with E-state index in [-0.39, 0.29) is 0 Å². The van der Waals surface area contributed by atoms with Crippen molar-refractivity contribution in [3.8, 4) is 0 Å². The van der Waals surface area contributed by atoms with Gasteiger partial charge in [0.05, 0.1) is 9.72 Å². The molecule has 0 atom stereocenters. The fourth-order valence-corrected chi connectivity index (χ4v) is 2.67. The molecule has 1 aromatic heterocycles. The standard InChI is InChI=1S/C9H6Cl2S.C2H6/c1-5-4-6-7(10)2-3-8(11)9(6)12-5;1-2/h2-4H,1H3;1-2H3. The summed E-state index contributed by atoms with van der Waals surface area (Å²) in [6.45, 7) is 6.05. The number of thiophene rings is 1. The van der Waals surface area contributed by atoms with E-state index in [0.29, 0.717) is 0 Å². The molecule has 1 heterocycles. The van der Waals surface area contributed by atoms with Gasteiger partial charge in [0.2, 0.25) is 0 Å². The molecule has 76 valence electrons. The molecule has 1 aromatic carbocycles. The van der Waals surface area contributed by atoms with Crippen LogP contribution in [0.25, 0.3) is 10.1 Å². The monoisotopic (exact) mass is 246 g/mol. The average Bonchev–Trinajstić information content (AvgIpc) is 2.58. The molecule has 0 fully saturated rings. The third kappa shape index (κ3) is 2.22. The van der Waals surface area contributed by atoms with E-state index in [2.05, 4.69) is 13.0 Å². The minimum absolute atomic E-state index is 0.777. The number of hydrogen-bond acceptors (Lipinski definition) is 1. The van der Waals surface area contributed by atoms with Crippen LogP contribution in [-0.2, 0) is 0 Å². The van der Waals surface area contributed by atoms with Gasteiger partial charge in [0.15, 0.2) is 0 Å². The highest BCUT2D eigenvalue weighted by Gasteiger charge is 2.05. The molecule has 2 aromatic rings. The van der Waals surface area contributed by atoms with Crippen molar-refractivity contribution in [2.45, 2.75) is 20.8 Å². The minimum atomic E-state index is 0.777. The molecule has 0 spiro atoms. The third-order valence-electron chi connectivity index (χ3n) is 1.71. The highest BCUT2D eigenvalue weighted by Crippen LogP contribution is 2.35. The summed E-state index contributed by atoms with van der Waals surface area (Å²) < 4.78 is 1.08. The molecule has 0 unspecified atom stereocenters. The smallest absolute Gasteiger partial charge is 0.0585 e. The lowest BCUT2D eigenvalue weighted by atomic mass is 10.2. The van der Waals surface area contributed by atoms with Crippen LogP contribution in [0.1, 0.15) is 18.7 Å². The molecule has 3 heteroatoms. The van der Waals surface area contributed by atoms with Crippen molar-refractivity contribution in [2.24, 2.45) is 0 Å². The zero-order chi connectivity index (χ0) is 10.7. The highest BCUT2D eigenvalue weighted by atomic mass is 35.5. The Bertz CT molecular complexity index is 393. The van der Waals surface area contributed by atoms with Gasteiger partial charge in [-0.25, -0.2) is 0 Å². The van der Waals surface area contributed by atoms with Crippen LogP contribution in [0.15, 0.2) is 18.2 Å². The minimum Gasteiger partial charge on any atom is -0.139 e. The van der Waals surface area contributed by atoms with Gasteiger partial charge < -0.3 is 0 Å². The van der Waals surface area contributed by atoms with Crippen molar-refractivity contribution in [3.05, 3.63) is 33.1 Å². The van der Waals surface area contributed by atoms with Gasteiger partial charge in [0.25, 0.3) is 0 Å². The summed E-state index contributed by atoms with van der Waals surface area (Å²) in [5.41, 5.74) is 0. The van der Waals surface area contributed by atoms with Crippen LogP contribution < -0.4 is 0 Å². The number of aryl methyl sites for hydroxylation is 1. The summed E-state index contributed by atoms with van der Waals surface area (Å²) in [5.74, 6) is 0. The first-order valence-corrected chi connectivity index (χ1v) is 6.10. The third-order valence-corrected chi connectivity index (χ3v) is 3.55. The molecule has 0 nitrogen and oxygen atoms in total. The maximum atomic E-state index is 5.99. The SMILES string of the molecule is CC.Cc1cc2c(Cl)ccc(Cl)c2s1. The second-order valence-electron chi connectivity index (χ2n) is 2.63. The van der Waals surface area contributed by atoms with Crippen LogP contribution in [-0.4, -0.2) is 0 Å². The molecular formula is C11H12Cl2S. The normalized spacial score (nSPS) is 9.79. The Morgan fingerprint density at radius 3 is 2.21 bits per heavy atom. The van der Waals surface area contributed by atoms with Gasteiger partial charge in [-0.1, -0.05) is 37.0 Å². The van der Waals surface area contributed by atoms with Gasteiger partial charge in [-0.2, -0.15) is 0 Å². The van der Waals surface area contributed by atoms with E-state index in [1.165, 1.54) is 4.88 Å². The topological polar surface area (TPSA) is 0 Å². The van der Waals surface area contributed by atoms with E-state index in [1.807, 2.05) is 26.0 Å². The molecule has 0 N–H and O–H groups in total. The summed E-state index contributed by atoms with van der Waals surface area (Å²) >= 11 is 13.7. The Morgan fingerprint density at radius 1 is 1.07 bits per heavy atom. The molecule has 0 aliphatic rings. The predicted octanol–water partition coefficient (Wildman–Crippen LogP) is 5.54. The maximum Gasteiger partial charge on any atom is 0.0585 e. The predicted molar refractivity (Wildman–Crippen MR) is 67.9 cm³/mol. The van der Waals surface area contributed by atoms with Gasteiger partial charge >= 0.3 is 0 Å². The molecule has 2 rings (SSSR count). The van der Waals surface area contributed by atoms with E-state index >= 15 is 0 Å². The zero-order valence-corrected chi connectivity index (χ0v) is 10.7. The van der Waals surface area contributed by atoms with Gasteiger partial charge in [-0.15, -0.1) is 11.3 Å². The lowest BCUT2D eigenvalue weighted by molar-refractivity contribution is 1.50. The Balaban J connectivity index is 0.000000461. The van der Waals surface area contributed by atoms with Gasteiger partial charge in [-0.05, 0) is 25.1 Å². The fraction of sp³-hybridized carbons (Fsp3) is 0.273. The van der Waals surface area contributed by atoms with E-state index < -0.39 is 0 Å². The summed E-state index contributed by atoms with van der Waals surface area (Å²) in [7, 11) is 0.